The Kier molecular flexibility index (Phi) is 3.78. The van der Waals surface area contributed by atoms with Crippen LogP contribution in [0.5, 0.6) is 0 Å². The lowest BCUT2D eigenvalue weighted by Crippen LogP contribution is -2.26. The van der Waals surface area contributed by atoms with Crippen LogP contribution in [0.1, 0.15) is 12.0 Å². The largest absolute Gasteiger partial charge is 0.469 e. The van der Waals surface area contributed by atoms with Crippen LogP contribution in [0.2, 0.25) is 0 Å². The number of carbonyl (C=O) groups excluding carboxylic acids is 2. The van der Waals surface area contributed by atoms with Gasteiger partial charge in [0, 0.05) is 31.1 Å². The first-order chi connectivity index (χ1) is 9.01. The summed E-state index contributed by atoms with van der Waals surface area (Å²) in [5.74, 6) is -2.56. The van der Waals surface area contributed by atoms with Gasteiger partial charge in [0.1, 0.15) is 11.6 Å². The minimum absolute atomic E-state index is 0.0262. The van der Waals surface area contributed by atoms with Crippen molar-refractivity contribution < 1.29 is 23.1 Å². The van der Waals surface area contributed by atoms with Crippen LogP contribution < -0.4 is 0 Å². The molecule has 0 aliphatic carbocycles. The fourth-order valence-corrected chi connectivity index (χ4v) is 2.11. The zero-order valence-electron chi connectivity index (χ0n) is 10.4. The molecule has 0 bridgehead atoms. The Hall–Kier alpha value is -1.98. The molecule has 1 saturated heterocycles. The average molecular weight is 269 g/mol. The second kappa shape index (κ2) is 5.34. The third kappa shape index (κ3) is 2.89. The van der Waals surface area contributed by atoms with Crippen LogP contribution in [-0.4, -0.2) is 30.4 Å². The maximum absolute atomic E-state index is 13.5. The first-order valence-corrected chi connectivity index (χ1v) is 5.80. The number of carbonyl (C=O) groups is 2. The monoisotopic (exact) mass is 269 g/mol. The summed E-state index contributed by atoms with van der Waals surface area (Å²) in [5, 5.41) is 0. The number of methoxy groups -OCH3 is 1. The van der Waals surface area contributed by atoms with E-state index in [4.69, 9.17) is 0 Å². The molecule has 2 rings (SSSR count). The molecule has 102 valence electrons. The van der Waals surface area contributed by atoms with Crippen molar-refractivity contribution >= 4 is 11.9 Å². The zero-order valence-corrected chi connectivity index (χ0v) is 10.4. The van der Waals surface area contributed by atoms with Gasteiger partial charge >= 0.3 is 5.97 Å². The fraction of sp³-hybridized carbons (Fsp3) is 0.385. The van der Waals surface area contributed by atoms with Gasteiger partial charge in [0.25, 0.3) is 0 Å². The van der Waals surface area contributed by atoms with Crippen molar-refractivity contribution in [2.75, 3.05) is 13.7 Å². The molecule has 1 aromatic rings. The van der Waals surface area contributed by atoms with Crippen molar-refractivity contribution in [2.45, 2.75) is 13.0 Å². The number of rotatable bonds is 3. The van der Waals surface area contributed by atoms with Crippen LogP contribution in [0.15, 0.2) is 18.2 Å². The molecular weight excluding hydrogens is 256 g/mol. The van der Waals surface area contributed by atoms with Gasteiger partial charge < -0.3 is 9.64 Å². The van der Waals surface area contributed by atoms with E-state index in [1.54, 1.807) is 0 Å². The van der Waals surface area contributed by atoms with E-state index in [0.29, 0.717) is 0 Å². The molecule has 0 N–H and O–H groups in total. The maximum Gasteiger partial charge on any atom is 0.310 e. The normalized spacial score (nSPS) is 18.8. The van der Waals surface area contributed by atoms with E-state index in [1.807, 2.05) is 0 Å². The topological polar surface area (TPSA) is 46.6 Å². The molecule has 1 aromatic carbocycles. The molecule has 1 aliphatic heterocycles. The van der Waals surface area contributed by atoms with Gasteiger partial charge in [0.15, 0.2) is 0 Å². The zero-order chi connectivity index (χ0) is 14.0. The summed E-state index contributed by atoms with van der Waals surface area (Å²) in [4.78, 5) is 24.4. The van der Waals surface area contributed by atoms with Crippen LogP contribution >= 0.6 is 0 Å². The van der Waals surface area contributed by atoms with Gasteiger partial charge in [0.05, 0.1) is 13.0 Å². The quantitative estimate of drug-likeness (QED) is 0.781. The molecule has 0 saturated carbocycles. The first-order valence-electron chi connectivity index (χ1n) is 5.80. The lowest BCUT2D eigenvalue weighted by molar-refractivity contribution is -0.145. The molecule has 1 aliphatic rings. The lowest BCUT2D eigenvalue weighted by atomic mass is 10.1. The highest BCUT2D eigenvalue weighted by Gasteiger charge is 2.35. The highest BCUT2D eigenvalue weighted by atomic mass is 19.1. The van der Waals surface area contributed by atoms with E-state index in [-0.39, 0.29) is 31.0 Å². The molecule has 1 unspecified atom stereocenters. The number of hydrogen-bond acceptors (Lipinski definition) is 3. The molecule has 0 spiro atoms. The van der Waals surface area contributed by atoms with Gasteiger partial charge in [-0.05, 0) is 6.07 Å². The highest BCUT2D eigenvalue weighted by molar-refractivity contribution is 5.86. The number of nitrogens with zero attached hydrogens (tertiary/aromatic N) is 1. The predicted molar refractivity (Wildman–Crippen MR) is 61.9 cm³/mol. The van der Waals surface area contributed by atoms with Crippen molar-refractivity contribution in [3.05, 3.63) is 35.4 Å². The summed E-state index contributed by atoms with van der Waals surface area (Å²) in [5.41, 5.74) is 0.222. The number of halogens is 2. The standard InChI is InChI=1S/C13H13F2NO3/c1-19-13(18)9-4-12(17)16(7-9)6-8-2-3-10(14)5-11(8)15/h2-3,5,9H,4,6-7H2,1H3. The van der Waals surface area contributed by atoms with E-state index in [2.05, 4.69) is 4.74 Å². The Bertz CT molecular complexity index is 519. The number of ether oxygens (including phenoxy) is 1. The van der Waals surface area contributed by atoms with E-state index >= 15 is 0 Å². The van der Waals surface area contributed by atoms with Crippen molar-refractivity contribution in [2.24, 2.45) is 5.92 Å². The summed E-state index contributed by atoms with van der Waals surface area (Å²) in [7, 11) is 1.26. The number of amides is 1. The summed E-state index contributed by atoms with van der Waals surface area (Å²) < 4.78 is 30.8. The van der Waals surface area contributed by atoms with Gasteiger partial charge in [0.2, 0.25) is 5.91 Å². The Balaban J connectivity index is 2.07. The second-order valence-electron chi connectivity index (χ2n) is 4.43. The smallest absolute Gasteiger partial charge is 0.310 e. The molecular formula is C13H13F2NO3. The Morgan fingerprint density at radius 2 is 2.21 bits per heavy atom. The Morgan fingerprint density at radius 1 is 1.47 bits per heavy atom. The summed E-state index contributed by atoms with van der Waals surface area (Å²) in [6, 6.07) is 3.20. The SMILES string of the molecule is COC(=O)C1CC(=O)N(Cc2ccc(F)cc2F)C1. The lowest BCUT2D eigenvalue weighted by Gasteiger charge is -2.16. The van der Waals surface area contributed by atoms with Gasteiger partial charge in [-0.1, -0.05) is 6.07 Å². The number of benzene rings is 1. The van der Waals surface area contributed by atoms with E-state index in [1.165, 1.54) is 18.1 Å². The van der Waals surface area contributed by atoms with Crippen LogP contribution in [0.25, 0.3) is 0 Å². The summed E-state index contributed by atoms with van der Waals surface area (Å²) in [6.07, 6.45) is 0.0650. The minimum atomic E-state index is -0.700. The Morgan fingerprint density at radius 3 is 2.84 bits per heavy atom. The summed E-state index contributed by atoms with van der Waals surface area (Å²) in [6.45, 7) is 0.223. The third-order valence-electron chi connectivity index (χ3n) is 3.13. The molecule has 19 heavy (non-hydrogen) atoms. The molecule has 6 heteroatoms. The van der Waals surface area contributed by atoms with Crippen LogP contribution in [0, 0.1) is 17.6 Å². The number of likely N-dealkylation sites (tertiary alicyclic amines) is 1. The number of hydrogen-bond donors (Lipinski definition) is 0. The predicted octanol–water partition coefficient (Wildman–Crippen LogP) is 1.49. The van der Waals surface area contributed by atoms with Gasteiger partial charge in [-0.25, -0.2) is 8.78 Å². The molecule has 0 aromatic heterocycles. The van der Waals surface area contributed by atoms with E-state index in [0.717, 1.165) is 12.1 Å². The molecule has 0 radical (unpaired) electrons. The van der Waals surface area contributed by atoms with Crippen LogP contribution in [0.4, 0.5) is 8.78 Å². The molecule has 1 atom stereocenters. The minimum Gasteiger partial charge on any atom is -0.469 e. The van der Waals surface area contributed by atoms with Gasteiger partial charge in [-0.2, -0.15) is 0 Å². The Labute approximate surface area is 109 Å². The second-order valence-corrected chi connectivity index (χ2v) is 4.43. The highest BCUT2D eigenvalue weighted by Crippen LogP contribution is 2.22. The van der Waals surface area contributed by atoms with Gasteiger partial charge in [-0.15, -0.1) is 0 Å². The van der Waals surface area contributed by atoms with Crippen molar-refractivity contribution in [1.29, 1.82) is 0 Å². The molecule has 1 amide bonds. The van der Waals surface area contributed by atoms with Crippen molar-refractivity contribution in [3.63, 3.8) is 0 Å². The van der Waals surface area contributed by atoms with Crippen LogP contribution in [0.3, 0.4) is 0 Å². The van der Waals surface area contributed by atoms with E-state index in [9.17, 15) is 18.4 Å². The number of esters is 1. The van der Waals surface area contributed by atoms with Crippen LogP contribution in [-0.2, 0) is 20.9 Å². The summed E-state index contributed by atoms with van der Waals surface area (Å²) >= 11 is 0. The molecule has 1 heterocycles. The molecule has 4 nitrogen and oxygen atoms in total. The molecule has 1 fully saturated rings. The van der Waals surface area contributed by atoms with Gasteiger partial charge in [-0.3, -0.25) is 9.59 Å². The van der Waals surface area contributed by atoms with Crippen molar-refractivity contribution in [3.8, 4) is 0 Å². The third-order valence-corrected chi connectivity index (χ3v) is 3.13. The van der Waals surface area contributed by atoms with E-state index < -0.39 is 23.5 Å². The fourth-order valence-electron chi connectivity index (χ4n) is 2.11. The van der Waals surface area contributed by atoms with Crippen molar-refractivity contribution in [1.82, 2.24) is 4.90 Å². The first kappa shape index (κ1) is 13.5. The maximum atomic E-state index is 13.5. The average Bonchev–Trinajstić information content (AvgIpc) is 2.73.